The monoisotopic (exact) mass is 944 g/mol. The molecule has 356 valence electrons. The Morgan fingerprint density at radius 1 is 0.310 bits per heavy atom. The molecule has 0 heterocycles. The number of halogens is 18. The van der Waals surface area contributed by atoms with Gasteiger partial charge in [-0.1, -0.05) is 130 Å². The van der Waals surface area contributed by atoms with Crippen molar-refractivity contribution in [3.63, 3.8) is 0 Å². The molecule has 0 radical (unpaired) electrons. The van der Waals surface area contributed by atoms with E-state index in [0.29, 0.717) is 0 Å². The molecule has 0 aliphatic carbocycles. The Labute approximate surface area is 340 Å². The maximum absolute atomic E-state index is 14.0. The normalized spacial score (nSPS) is 15.2. The molecule has 0 saturated heterocycles. The van der Waals surface area contributed by atoms with E-state index in [-0.39, 0.29) is 0 Å². The van der Waals surface area contributed by atoms with E-state index in [1.807, 2.05) is 0 Å². The van der Waals surface area contributed by atoms with Crippen molar-refractivity contribution >= 4 is 24.4 Å². The molecule has 0 aromatic rings. The molecule has 0 unspecified atom stereocenters. The molecule has 0 rings (SSSR count). The predicted octanol–water partition coefficient (Wildman–Crippen LogP) is 19.9. The zero-order chi connectivity index (χ0) is 45.7. The van der Waals surface area contributed by atoms with Crippen molar-refractivity contribution in [2.75, 3.05) is 24.6 Å². The summed E-state index contributed by atoms with van der Waals surface area (Å²) in [7, 11) is -0.697. The van der Waals surface area contributed by atoms with E-state index in [1.54, 1.807) is 50.3 Å². The predicted molar refractivity (Wildman–Crippen MR) is 208 cm³/mol. The van der Waals surface area contributed by atoms with Gasteiger partial charge in [-0.15, -0.1) is 0 Å². The Balaban J connectivity index is 0. The quantitative estimate of drug-likeness (QED) is 0.0369. The van der Waals surface area contributed by atoms with Gasteiger partial charge in [-0.3, -0.25) is 0 Å². The third-order valence-electron chi connectivity index (χ3n) is 10.8. The number of hydrogen-bond acceptors (Lipinski definition) is 0. The van der Waals surface area contributed by atoms with Crippen LogP contribution in [0.1, 0.15) is 182 Å². The SMILES string of the molecule is CCCCCCCCCCCCCC[P+](CCCCCC)(CCCCCC)CCCCCC.FC(F)(F)C(F)(F)[P-](F)(F)(Cl)(C(F)(F)C(F)(F)F)C(F)(F)C(F)(F)F. The first kappa shape index (κ1) is 60.0. The van der Waals surface area contributed by atoms with Gasteiger partial charge < -0.3 is 0 Å². The van der Waals surface area contributed by atoms with E-state index >= 15 is 0 Å². The second-order valence-electron chi connectivity index (χ2n) is 15.7. The molecule has 0 aliphatic rings. The van der Waals surface area contributed by atoms with Gasteiger partial charge in [0.2, 0.25) is 0 Å². The van der Waals surface area contributed by atoms with E-state index in [0.717, 1.165) is 0 Å². The zero-order valence-corrected chi connectivity index (χ0v) is 37.0. The second-order valence-corrected chi connectivity index (χ2v) is 26.7. The van der Waals surface area contributed by atoms with Gasteiger partial charge in [-0.2, -0.15) is 0 Å². The first-order chi connectivity index (χ1) is 26.3. The molecule has 0 amide bonds. The molecular formula is C38H68ClF17P2. The van der Waals surface area contributed by atoms with E-state index in [9.17, 15) is 74.3 Å². The van der Waals surface area contributed by atoms with Crippen LogP contribution in [-0.2, 0) is 0 Å². The molecule has 0 spiro atoms. The van der Waals surface area contributed by atoms with Gasteiger partial charge in [0.1, 0.15) is 0 Å². The van der Waals surface area contributed by atoms with Gasteiger partial charge >= 0.3 is 127 Å². The summed E-state index contributed by atoms with van der Waals surface area (Å²) in [6, 6.07) is 0. The molecule has 0 fully saturated rings. The molecule has 0 N–H and O–H groups in total. The summed E-state index contributed by atoms with van der Waals surface area (Å²) in [6.45, 7) is 9.41. The Morgan fingerprint density at radius 3 is 0.638 bits per heavy atom. The number of rotatable bonds is 31. The van der Waals surface area contributed by atoms with Gasteiger partial charge in [0.15, 0.2) is 0 Å². The van der Waals surface area contributed by atoms with Crippen LogP contribution in [0.3, 0.4) is 0 Å². The maximum atomic E-state index is 13.8. The summed E-state index contributed by atoms with van der Waals surface area (Å²) >= 11 is 2.77. The van der Waals surface area contributed by atoms with E-state index in [2.05, 4.69) is 38.9 Å². The summed E-state index contributed by atoms with van der Waals surface area (Å²) in [6.07, 6.45) is 16.7. The van der Waals surface area contributed by atoms with Gasteiger partial charge in [0, 0.05) is 7.26 Å². The average molecular weight is 945 g/mol. The van der Waals surface area contributed by atoms with Crippen molar-refractivity contribution in [1.29, 1.82) is 0 Å². The van der Waals surface area contributed by atoms with Gasteiger partial charge in [-0.05, 0) is 51.4 Å². The van der Waals surface area contributed by atoms with Crippen LogP contribution in [0.25, 0.3) is 0 Å². The second kappa shape index (κ2) is 24.7. The molecule has 20 heteroatoms. The van der Waals surface area contributed by atoms with E-state index < -0.39 is 48.7 Å². The molecule has 58 heavy (non-hydrogen) atoms. The summed E-state index contributed by atoms with van der Waals surface area (Å²) in [4.78, 5) is 0. The van der Waals surface area contributed by atoms with Crippen molar-refractivity contribution in [3.05, 3.63) is 0 Å². The molecule has 0 saturated carbocycles. The van der Waals surface area contributed by atoms with Crippen molar-refractivity contribution in [1.82, 2.24) is 0 Å². The van der Waals surface area contributed by atoms with E-state index in [1.165, 1.54) is 128 Å². The Bertz CT molecular complexity index is 990. The van der Waals surface area contributed by atoms with Crippen LogP contribution in [0.2, 0.25) is 0 Å². The van der Waals surface area contributed by atoms with Crippen molar-refractivity contribution < 1.29 is 74.3 Å². The topological polar surface area (TPSA) is 0 Å². The van der Waals surface area contributed by atoms with Crippen LogP contribution in [0.15, 0.2) is 0 Å². The van der Waals surface area contributed by atoms with Crippen LogP contribution >= 0.6 is 24.4 Å². The van der Waals surface area contributed by atoms with Crippen LogP contribution in [0, 0.1) is 0 Å². The Kier molecular flexibility index (Phi) is 25.6. The molecule has 0 nitrogen and oxygen atoms in total. The Morgan fingerprint density at radius 2 is 0.466 bits per heavy atom. The van der Waals surface area contributed by atoms with Gasteiger partial charge in [0.25, 0.3) is 0 Å². The van der Waals surface area contributed by atoms with Crippen LogP contribution in [0.4, 0.5) is 74.3 Å². The zero-order valence-electron chi connectivity index (χ0n) is 34.5. The minimum absolute atomic E-state index is 0.697. The molecule has 0 bridgehead atoms. The first-order valence-electron chi connectivity index (χ1n) is 20.9. The fourth-order valence-corrected chi connectivity index (χ4v) is 15.4. The van der Waals surface area contributed by atoms with Crippen LogP contribution in [0.5, 0.6) is 0 Å². The summed E-state index contributed by atoms with van der Waals surface area (Å²) in [5.41, 5.74) is -28.0. The average Bonchev–Trinajstić information content (AvgIpc) is 3.09. The number of hydrogen-bond donors (Lipinski definition) is 0. The number of alkyl halides is 15. The van der Waals surface area contributed by atoms with Crippen LogP contribution < -0.4 is 0 Å². The first-order valence-corrected chi connectivity index (χ1v) is 26.8. The van der Waals surface area contributed by atoms with E-state index in [4.69, 9.17) is 0 Å². The molecule has 0 aromatic heterocycles. The standard InChI is InChI=1S/C32H68P.C6ClF17P/c1-5-9-13-17-18-19-20-21-22-23-24-28-32-33(29-25-14-10-6-2,30-26-15-11-7-3)31-27-16-12-8-4;7-25(23,24,4(17,18)1(8,9)10,5(19,20)2(11,12)13)6(21,22)3(14,15)16/h5-32H2,1-4H3;/q+1;-1. The van der Waals surface area contributed by atoms with Gasteiger partial charge in [-0.25, -0.2) is 0 Å². The van der Waals surface area contributed by atoms with Crippen molar-refractivity contribution in [2.24, 2.45) is 0 Å². The van der Waals surface area contributed by atoms with Crippen molar-refractivity contribution in [2.45, 2.75) is 217 Å². The fraction of sp³-hybridized carbons (Fsp3) is 1.00. The summed E-state index contributed by atoms with van der Waals surface area (Å²) in [5, 5.41) is 0. The molecule has 0 aromatic carbocycles. The fourth-order valence-electron chi connectivity index (χ4n) is 6.92. The minimum atomic E-state index is -14.0. The number of unbranched alkanes of at least 4 members (excludes halogenated alkanes) is 20. The molecule has 0 aliphatic heterocycles. The van der Waals surface area contributed by atoms with Crippen molar-refractivity contribution in [3.8, 4) is 0 Å². The Hall–Kier alpha value is -0.0400. The summed E-state index contributed by atoms with van der Waals surface area (Å²) in [5.74, 6) is -14.0. The van der Waals surface area contributed by atoms with Gasteiger partial charge in [0.05, 0.1) is 24.6 Å². The molecular weight excluding hydrogens is 877 g/mol. The third kappa shape index (κ3) is 14.5. The third-order valence-corrected chi connectivity index (χ3v) is 22.1. The van der Waals surface area contributed by atoms with Crippen LogP contribution in [-0.4, -0.2) is 60.2 Å². The molecule has 0 atom stereocenters. The summed E-state index contributed by atoms with van der Waals surface area (Å²) < 4.78 is 213.